The van der Waals surface area contributed by atoms with Crippen molar-refractivity contribution in [3.05, 3.63) is 59.7 Å². The van der Waals surface area contributed by atoms with Crippen LogP contribution in [0.25, 0.3) is 0 Å². The fraction of sp³-hybridized carbons (Fsp3) is 0.391. The topological polar surface area (TPSA) is 67.9 Å². The molecule has 2 amide bonds. The van der Waals surface area contributed by atoms with Crippen molar-refractivity contribution in [2.75, 3.05) is 19.8 Å². The number of fused-ring (bicyclic) bond motifs is 1. The van der Waals surface area contributed by atoms with Crippen molar-refractivity contribution < 1.29 is 19.1 Å². The van der Waals surface area contributed by atoms with Gasteiger partial charge in [0, 0.05) is 24.6 Å². The van der Waals surface area contributed by atoms with Gasteiger partial charge < -0.3 is 19.7 Å². The highest BCUT2D eigenvalue weighted by Crippen LogP contribution is 2.25. The molecule has 1 heterocycles. The number of ether oxygens (including phenoxy) is 2. The van der Waals surface area contributed by atoms with Crippen molar-refractivity contribution in [3.8, 4) is 11.5 Å². The molecule has 1 aliphatic heterocycles. The Hall–Kier alpha value is -3.02. The van der Waals surface area contributed by atoms with E-state index in [1.165, 1.54) is 0 Å². The van der Waals surface area contributed by atoms with E-state index < -0.39 is 0 Å². The van der Waals surface area contributed by atoms with Crippen LogP contribution in [-0.4, -0.2) is 42.5 Å². The molecule has 4 rings (SSSR count). The van der Waals surface area contributed by atoms with Gasteiger partial charge in [0.2, 0.25) is 5.91 Å². The summed E-state index contributed by atoms with van der Waals surface area (Å²) >= 11 is 0. The Balaban J connectivity index is 1.35. The zero-order valence-electron chi connectivity index (χ0n) is 16.4. The van der Waals surface area contributed by atoms with Gasteiger partial charge in [-0.1, -0.05) is 30.3 Å². The third-order valence-corrected chi connectivity index (χ3v) is 5.15. The summed E-state index contributed by atoms with van der Waals surface area (Å²) in [6.07, 6.45) is 3.35. The number of hydrogen-bond acceptors (Lipinski definition) is 4. The minimum Gasteiger partial charge on any atom is -0.491 e. The largest absolute Gasteiger partial charge is 0.491 e. The van der Waals surface area contributed by atoms with Crippen LogP contribution >= 0.6 is 0 Å². The first-order valence-electron chi connectivity index (χ1n) is 10.2. The molecule has 1 aliphatic carbocycles. The summed E-state index contributed by atoms with van der Waals surface area (Å²) in [6.45, 7) is 1.45. The number of hydrogen-bond donors (Lipinski definition) is 1. The number of para-hydroxylation sites is 1. The lowest BCUT2D eigenvalue weighted by Crippen LogP contribution is -2.36. The van der Waals surface area contributed by atoms with E-state index in [9.17, 15) is 9.59 Å². The van der Waals surface area contributed by atoms with E-state index in [-0.39, 0.29) is 18.4 Å². The molecular formula is C23H26N2O4. The Morgan fingerprint density at radius 2 is 1.97 bits per heavy atom. The maximum Gasteiger partial charge on any atom is 0.260 e. The third-order valence-electron chi connectivity index (χ3n) is 5.15. The van der Waals surface area contributed by atoms with Crippen LogP contribution in [-0.2, 0) is 22.6 Å². The zero-order valence-corrected chi connectivity index (χ0v) is 16.4. The average molecular weight is 394 g/mol. The van der Waals surface area contributed by atoms with Crippen LogP contribution in [0.4, 0.5) is 0 Å². The maximum atomic E-state index is 12.6. The summed E-state index contributed by atoms with van der Waals surface area (Å²) in [5, 5.41) is 3.02. The van der Waals surface area contributed by atoms with Crippen molar-refractivity contribution in [1.29, 1.82) is 0 Å². The SMILES string of the molecule is O=C(CCc1ccc2c(c1)CN(C(=O)COc1ccccc1)CCO2)NC1CC1. The molecule has 6 heteroatoms. The summed E-state index contributed by atoms with van der Waals surface area (Å²) in [6, 6.07) is 15.7. The number of nitrogens with one attached hydrogen (secondary N) is 1. The number of amides is 2. The number of aryl methyl sites for hydroxylation is 1. The molecule has 1 N–H and O–H groups in total. The molecular weight excluding hydrogens is 368 g/mol. The highest BCUT2D eigenvalue weighted by molar-refractivity contribution is 5.78. The second-order valence-electron chi connectivity index (χ2n) is 7.55. The van der Waals surface area contributed by atoms with Gasteiger partial charge in [0.1, 0.15) is 18.1 Å². The van der Waals surface area contributed by atoms with Gasteiger partial charge in [0.15, 0.2) is 6.61 Å². The molecule has 0 aromatic heterocycles. The van der Waals surface area contributed by atoms with Gasteiger partial charge in [-0.15, -0.1) is 0 Å². The van der Waals surface area contributed by atoms with Gasteiger partial charge >= 0.3 is 0 Å². The highest BCUT2D eigenvalue weighted by atomic mass is 16.5. The molecule has 0 unspecified atom stereocenters. The van der Waals surface area contributed by atoms with Crippen molar-refractivity contribution in [2.45, 2.75) is 38.3 Å². The smallest absolute Gasteiger partial charge is 0.260 e. The van der Waals surface area contributed by atoms with Crippen LogP contribution in [0.15, 0.2) is 48.5 Å². The second-order valence-corrected chi connectivity index (χ2v) is 7.55. The number of carbonyl (C=O) groups excluding carboxylic acids is 2. The van der Waals surface area contributed by atoms with Crippen molar-refractivity contribution in [1.82, 2.24) is 10.2 Å². The van der Waals surface area contributed by atoms with E-state index in [1.54, 1.807) is 4.90 Å². The first-order valence-corrected chi connectivity index (χ1v) is 10.2. The lowest BCUT2D eigenvalue weighted by Gasteiger charge is -2.20. The number of nitrogens with zero attached hydrogens (tertiary/aromatic N) is 1. The first-order chi connectivity index (χ1) is 14.2. The molecule has 0 radical (unpaired) electrons. The molecule has 0 spiro atoms. The van der Waals surface area contributed by atoms with Crippen LogP contribution in [0, 0.1) is 0 Å². The summed E-state index contributed by atoms with van der Waals surface area (Å²) in [5.74, 6) is 1.52. The lowest BCUT2D eigenvalue weighted by atomic mass is 10.0. The quantitative estimate of drug-likeness (QED) is 0.784. The Labute approximate surface area is 170 Å². The zero-order chi connectivity index (χ0) is 20.1. The number of benzene rings is 2. The highest BCUT2D eigenvalue weighted by Gasteiger charge is 2.23. The first kappa shape index (κ1) is 19.3. The standard InChI is InChI=1S/C23H26N2O4/c26-22(24-19-8-9-19)11-7-17-6-10-21-18(14-17)15-25(12-13-28-21)23(27)16-29-20-4-2-1-3-5-20/h1-6,10,14,19H,7-9,11-13,15-16H2,(H,24,26). The third kappa shape index (κ3) is 5.50. The van der Waals surface area contributed by atoms with Crippen LogP contribution in [0.5, 0.6) is 11.5 Å². The predicted octanol–water partition coefficient (Wildman–Crippen LogP) is 2.70. The van der Waals surface area contributed by atoms with Gasteiger partial charge in [-0.2, -0.15) is 0 Å². The summed E-state index contributed by atoms with van der Waals surface area (Å²) < 4.78 is 11.4. The molecule has 29 heavy (non-hydrogen) atoms. The van der Waals surface area contributed by atoms with E-state index in [0.29, 0.717) is 44.3 Å². The van der Waals surface area contributed by atoms with Gasteiger partial charge in [-0.25, -0.2) is 0 Å². The molecule has 1 saturated carbocycles. The molecule has 2 aliphatic rings. The Kier molecular flexibility index (Phi) is 5.98. The van der Waals surface area contributed by atoms with Crippen molar-refractivity contribution >= 4 is 11.8 Å². The van der Waals surface area contributed by atoms with E-state index >= 15 is 0 Å². The number of carbonyl (C=O) groups is 2. The molecule has 2 aromatic carbocycles. The molecule has 1 fully saturated rings. The van der Waals surface area contributed by atoms with E-state index in [4.69, 9.17) is 9.47 Å². The van der Waals surface area contributed by atoms with E-state index in [2.05, 4.69) is 5.32 Å². The van der Waals surface area contributed by atoms with Crippen molar-refractivity contribution in [3.63, 3.8) is 0 Å². The fourth-order valence-electron chi connectivity index (χ4n) is 3.35. The Bertz CT molecular complexity index is 864. The normalized spacial score (nSPS) is 15.7. The second kappa shape index (κ2) is 8.99. The minimum atomic E-state index is -0.0699. The molecule has 152 valence electrons. The van der Waals surface area contributed by atoms with Gasteiger partial charge in [0.05, 0.1) is 6.54 Å². The Morgan fingerprint density at radius 3 is 2.76 bits per heavy atom. The summed E-state index contributed by atoms with van der Waals surface area (Å²) in [5.41, 5.74) is 2.05. The van der Waals surface area contributed by atoms with E-state index in [1.807, 2.05) is 48.5 Å². The van der Waals surface area contributed by atoms with Crippen LogP contribution < -0.4 is 14.8 Å². The minimum absolute atomic E-state index is 0.000372. The van der Waals surface area contributed by atoms with Gasteiger partial charge in [-0.05, 0) is 43.0 Å². The van der Waals surface area contributed by atoms with E-state index in [0.717, 1.165) is 29.7 Å². The van der Waals surface area contributed by atoms with Crippen LogP contribution in [0.1, 0.15) is 30.4 Å². The summed E-state index contributed by atoms with van der Waals surface area (Å²) in [7, 11) is 0. The predicted molar refractivity (Wildman–Crippen MR) is 109 cm³/mol. The lowest BCUT2D eigenvalue weighted by molar-refractivity contribution is -0.134. The number of rotatable bonds is 7. The van der Waals surface area contributed by atoms with Crippen LogP contribution in [0.2, 0.25) is 0 Å². The molecule has 0 bridgehead atoms. The summed E-state index contributed by atoms with van der Waals surface area (Å²) in [4.78, 5) is 26.3. The van der Waals surface area contributed by atoms with Crippen LogP contribution in [0.3, 0.4) is 0 Å². The van der Waals surface area contributed by atoms with Gasteiger partial charge in [0.25, 0.3) is 5.91 Å². The maximum absolute atomic E-state index is 12.6. The fourth-order valence-corrected chi connectivity index (χ4v) is 3.35. The molecule has 2 aromatic rings. The molecule has 0 atom stereocenters. The Morgan fingerprint density at radius 1 is 1.14 bits per heavy atom. The monoisotopic (exact) mass is 394 g/mol. The molecule has 6 nitrogen and oxygen atoms in total. The van der Waals surface area contributed by atoms with Gasteiger partial charge in [-0.3, -0.25) is 9.59 Å². The van der Waals surface area contributed by atoms with Crippen molar-refractivity contribution in [2.24, 2.45) is 0 Å². The average Bonchev–Trinajstić information content (AvgIpc) is 3.57. The molecule has 0 saturated heterocycles.